The van der Waals surface area contributed by atoms with Gasteiger partial charge in [0.05, 0.1) is 13.2 Å². The van der Waals surface area contributed by atoms with E-state index in [1.54, 1.807) is 6.20 Å². The van der Waals surface area contributed by atoms with Crippen molar-refractivity contribution in [2.75, 3.05) is 19.8 Å². The molecule has 1 N–H and O–H groups in total. The molecule has 4 nitrogen and oxygen atoms in total. The Hall–Kier alpha value is -1.42. The molecular formula is C13H20N2O2. The van der Waals surface area contributed by atoms with E-state index in [-0.39, 0.29) is 5.91 Å². The number of rotatable bonds is 3. The maximum Gasteiger partial charge on any atom is 0.270 e. The summed E-state index contributed by atoms with van der Waals surface area (Å²) < 4.78 is 5.03. The van der Waals surface area contributed by atoms with Gasteiger partial charge >= 0.3 is 0 Å². The fourth-order valence-corrected chi connectivity index (χ4v) is 1.45. The van der Waals surface area contributed by atoms with Gasteiger partial charge in [0.15, 0.2) is 0 Å². The molecule has 4 heteroatoms. The highest BCUT2D eigenvalue weighted by Gasteiger charge is 2.19. The smallest absolute Gasteiger partial charge is 0.270 e. The maximum absolute atomic E-state index is 11.7. The van der Waals surface area contributed by atoms with Gasteiger partial charge in [0.2, 0.25) is 0 Å². The van der Waals surface area contributed by atoms with Gasteiger partial charge in [-0.3, -0.25) is 9.78 Å². The average molecular weight is 236 g/mol. The number of nitrogens with zero attached hydrogens (tertiary/aromatic N) is 1. The molecule has 0 aromatic carbocycles. The fourth-order valence-electron chi connectivity index (χ4n) is 1.45. The molecule has 0 atom stereocenters. The highest BCUT2D eigenvalue weighted by molar-refractivity contribution is 5.93. The van der Waals surface area contributed by atoms with Gasteiger partial charge < -0.3 is 10.1 Å². The van der Waals surface area contributed by atoms with E-state index in [4.69, 9.17) is 4.74 Å². The van der Waals surface area contributed by atoms with E-state index in [0.717, 1.165) is 18.8 Å². The predicted octanol–water partition coefficient (Wildman–Crippen LogP) is 1.79. The number of carbonyl (C=O) groups is 1. The number of pyridine rings is 1. The molecular weight excluding hydrogens is 216 g/mol. The Balaban J connectivity index is 0.000000686. The summed E-state index contributed by atoms with van der Waals surface area (Å²) in [6.07, 6.45) is 1.63. The van der Waals surface area contributed by atoms with Crippen LogP contribution in [0.1, 0.15) is 29.9 Å². The van der Waals surface area contributed by atoms with E-state index in [1.807, 2.05) is 32.9 Å². The molecule has 0 unspecified atom stereocenters. The monoisotopic (exact) mass is 236 g/mol. The first-order valence-electron chi connectivity index (χ1n) is 6.05. The van der Waals surface area contributed by atoms with E-state index in [1.165, 1.54) is 0 Å². The summed E-state index contributed by atoms with van der Waals surface area (Å²) in [5, 5.41) is 2.86. The van der Waals surface area contributed by atoms with E-state index in [9.17, 15) is 4.79 Å². The number of hydrogen-bond donors (Lipinski definition) is 1. The molecule has 1 aromatic heterocycles. The van der Waals surface area contributed by atoms with Crippen LogP contribution >= 0.6 is 0 Å². The van der Waals surface area contributed by atoms with E-state index in [0.29, 0.717) is 18.2 Å². The topological polar surface area (TPSA) is 51.2 Å². The Bertz CT molecular complexity index is 362. The molecule has 2 heterocycles. The standard InChI is InChI=1S/C11H14N2O2.C2H6/c1-8-3-2-4-12-10(8)11(14)13-5-9-6-15-7-9;1-2/h2-4,9H,5-7H2,1H3,(H,13,14);1-2H3. The molecule has 1 saturated heterocycles. The lowest BCUT2D eigenvalue weighted by atomic mass is 10.1. The van der Waals surface area contributed by atoms with Gasteiger partial charge in [-0.2, -0.15) is 0 Å². The molecule has 2 rings (SSSR count). The van der Waals surface area contributed by atoms with Crippen LogP contribution in [0.25, 0.3) is 0 Å². The van der Waals surface area contributed by atoms with E-state index in [2.05, 4.69) is 10.3 Å². The lowest BCUT2D eigenvalue weighted by Crippen LogP contribution is -2.39. The van der Waals surface area contributed by atoms with Crippen molar-refractivity contribution in [2.24, 2.45) is 5.92 Å². The van der Waals surface area contributed by atoms with E-state index < -0.39 is 0 Å². The number of ether oxygens (including phenoxy) is 1. The SMILES string of the molecule is CC.Cc1cccnc1C(=O)NCC1COC1. The first-order valence-corrected chi connectivity index (χ1v) is 6.05. The molecule has 1 amide bonds. The minimum atomic E-state index is -0.0972. The molecule has 0 spiro atoms. The Morgan fingerprint density at radius 1 is 1.53 bits per heavy atom. The molecule has 1 aromatic rings. The van der Waals surface area contributed by atoms with Crippen LogP contribution in [0.15, 0.2) is 18.3 Å². The minimum Gasteiger partial charge on any atom is -0.381 e. The quantitative estimate of drug-likeness (QED) is 0.870. The normalized spacial score (nSPS) is 14.3. The van der Waals surface area contributed by atoms with Gasteiger partial charge in [-0.1, -0.05) is 19.9 Å². The largest absolute Gasteiger partial charge is 0.381 e. The Morgan fingerprint density at radius 2 is 2.24 bits per heavy atom. The van der Waals surface area contributed by atoms with Gasteiger partial charge in [0, 0.05) is 18.7 Å². The third kappa shape index (κ3) is 3.82. The summed E-state index contributed by atoms with van der Waals surface area (Å²) in [5.41, 5.74) is 1.41. The number of carbonyl (C=O) groups excluding carboxylic acids is 1. The summed E-state index contributed by atoms with van der Waals surface area (Å²) in [4.78, 5) is 15.8. The zero-order valence-corrected chi connectivity index (χ0v) is 10.7. The summed E-state index contributed by atoms with van der Waals surface area (Å²) in [6, 6.07) is 3.71. The lowest BCUT2D eigenvalue weighted by Gasteiger charge is -2.25. The first kappa shape index (κ1) is 13.6. The van der Waals surface area contributed by atoms with Crippen molar-refractivity contribution in [1.82, 2.24) is 10.3 Å². The average Bonchev–Trinajstić information content (AvgIpc) is 2.30. The number of aryl methyl sites for hydroxylation is 1. The highest BCUT2D eigenvalue weighted by Crippen LogP contribution is 2.08. The molecule has 1 aliphatic rings. The molecule has 1 fully saturated rings. The van der Waals surface area contributed by atoms with Crippen LogP contribution in [-0.4, -0.2) is 30.6 Å². The van der Waals surface area contributed by atoms with Crippen LogP contribution in [0.4, 0.5) is 0 Å². The summed E-state index contributed by atoms with van der Waals surface area (Å²) in [7, 11) is 0. The van der Waals surface area contributed by atoms with Crippen LogP contribution in [0.5, 0.6) is 0 Å². The maximum atomic E-state index is 11.7. The van der Waals surface area contributed by atoms with Crippen molar-refractivity contribution >= 4 is 5.91 Å². The summed E-state index contributed by atoms with van der Waals surface area (Å²) in [5.74, 6) is 0.373. The summed E-state index contributed by atoms with van der Waals surface area (Å²) in [6.45, 7) is 8.06. The van der Waals surface area contributed by atoms with Crippen LogP contribution < -0.4 is 5.32 Å². The third-order valence-electron chi connectivity index (χ3n) is 2.48. The first-order chi connectivity index (χ1) is 8.27. The van der Waals surface area contributed by atoms with Crippen molar-refractivity contribution in [3.05, 3.63) is 29.6 Å². The zero-order valence-electron chi connectivity index (χ0n) is 10.7. The zero-order chi connectivity index (χ0) is 12.7. The lowest BCUT2D eigenvalue weighted by molar-refractivity contribution is -0.0299. The molecule has 17 heavy (non-hydrogen) atoms. The fraction of sp³-hybridized carbons (Fsp3) is 0.538. The number of aromatic nitrogens is 1. The second-order valence-corrected chi connectivity index (χ2v) is 3.78. The van der Waals surface area contributed by atoms with Crippen molar-refractivity contribution in [1.29, 1.82) is 0 Å². The molecule has 0 bridgehead atoms. The van der Waals surface area contributed by atoms with Gasteiger partial charge in [-0.15, -0.1) is 0 Å². The highest BCUT2D eigenvalue weighted by atomic mass is 16.5. The molecule has 0 radical (unpaired) electrons. The summed E-state index contributed by atoms with van der Waals surface area (Å²) >= 11 is 0. The molecule has 0 saturated carbocycles. The minimum absolute atomic E-state index is 0.0972. The Morgan fingerprint density at radius 3 is 2.76 bits per heavy atom. The second-order valence-electron chi connectivity index (χ2n) is 3.78. The van der Waals surface area contributed by atoms with Crippen LogP contribution in [0.2, 0.25) is 0 Å². The Kier molecular flexibility index (Phi) is 5.63. The van der Waals surface area contributed by atoms with Gasteiger partial charge in [-0.05, 0) is 18.6 Å². The number of hydrogen-bond acceptors (Lipinski definition) is 3. The third-order valence-corrected chi connectivity index (χ3v) is 2.48. The van der Waals surface area contributed by atoms with Crippen molar-refractivity contribution in [3.63, 3.8) is 0 Å². The van der Waals surface area contributed by atoms with Crippen LogP contribution in [0.3, 0.4) is 0 Å². The second kappa shape index (κ2) is 7.01. The van der Waals surface area contributed by atoms with E-state index >= 15 is 0 Å². The van der Waals surface area contributed by atoms with Crippen LogP contribution in [-0.2, 0) is 4.74 Å². The van der Waals surface area contributed by atoms with Gasteiger partial charge in [0.25, 0.3) is 5.91 Å². The van der Waals surface area contributed by atoms with Crippen molar-refractivity contribution in [2.45, 2.75) is 20.8 Å². The molecule has 0 aliphatic carbocycles. The van der Waals surface area contributed by atoms with Gasteiger partial charge in [-0.25, -0.2) is 0 Å². The van der Waals surface area contributed by atoms with Gasteiger partial charge in [0.1, 0.15) is 5.69 Å². The number of amides is 1. The van der Waals surface area contributed by atoms with Crippen LogP contribution in [0, 0.1) is 12.8 Å². The molecule has 94 valence electrons. The van der Waals surface area contributed by atoms with Crippen molar-refractivity contribution < 1.29 is 9.53 Å². The predicted molar refractivity (Wildman–Crippen MR) is 67.0 cm³/mol. The Labute approximate surface area is 102 Å². The van der Waals surface area contributed by atoms with Crippen molar-refractivity contribution in [3.8, 4) is 0 Å². The molecule has 1 aliphatic heterocycles. The number of nitrogens with one attached hydrogen (secondary N) is 1.